The van der Waals surface area contributed by atoms with Crippen molar-refractivity contribution in [2.45, 2.75) is 32.9 Å². The minimum atomic E-state index is 0.0268. The van der Waals surface area contributed by atoms with E-state index in [0.29, 0.717) is 12.0 Å². The number of carbonyl (C=O) groups is 1. The second-order valence-corrected chi connectivity index (χ2v) is 5.75. The second kappa shape index (κ2) is 9.33. The number of hydrogen-bond acceptors (Lipinski definition) is 5. The highest BCUT2D eigenvalue weighted by atomic mass is 35.5. The van der Waals surface area contributed by atoms with E-state index in [4.69, 9.17) is 17.0 Å². The summed E-state index contributed by atoms with van der Waals surface area (Å²) in [7, 11) is 2.03. The molecule has 0 bridgehead atoms. The molecule has 1 aromatic rings. The van der Waals surface area contributed by atoms with Gasteiger partial charge in [-0.3, -0.25) is 9.78 Å². The van der Waals surface area contributed by atoms with Crippen LogP contribution < -0.4 is 5.32 Å². The molecule has 6 heteroatoms. The van der Waals surface area contributed by atoms with Gasteiger partial charge in [-0.25, -0.2) is 0 Å². The van der Waals surface area contributed by atoms with Crippen molar-refractivity contribution in [3.8, 4) is 0 Å². The molecule has 0 aliphatic carbocycles. The second-order valence-electron chi connectivity index (χ2n) is 5.34. The van der Waals surface area contributed by atoms with Gasteiger partial charge in [0, 0.05) is 37.7 Å². The van der Waals surface area contributed by atoms with Crippen molar-refractivity contribution in [1.82, 2.24) is 15.2 Å². The van der Waals surface area contributed by atoms with Crippen LogP contribution >= 0.6 is 11.6 Å². The van der Waals surface area contributed by atoms with E-state index in [2.05, 4.69) is 28.2 Å². The fraction of sp³-hybridized carbons (Fsp3) is 0.438. The van der Waals surface area contributed by atoms with Gasteiger partial charge < -0.3 is 15.6 Å². The van der Waals surface area contributed by atoms with Crippen molar-refractivity contribution >= 4 is 24.1 Å². The Kier molecular flexibility index (Phi) is 7.77. The molecule has 1 aromatic heterocycles. The zero-order valence-electron chi connectivity index (χ0n) is 13.3. The van der Waals surface area contributed by atoms with Crippen molar-refractivity contribution in [3.05, 3.63) is 40.3 Å². The first-order valence-corrected chi connectivity index (χ1v) is 7.59. The minimum Gasteiger partial charge on any atom is -0.379 e. The molecule has 0 aromatic carbocycles. The van der Waals surface area contributed by atoms with Crippen LogP contribution in [0.3, 0.4) is 0 Å². The Bertz CT molecular complexity index is 545. The standard InChI is InChI=1S/C16H23ClN4O/c1-4-14(20-16(6-18)15(17)11-22)10-21(3)9-13-5-12(2)7-19-8-13/h5-8,11,14,18,20H,4,9-10H2,1-3H3/b16-15-,18-6?. The average Bonchev–Trinajstić information content (AvgIpc) is 2.50. The first-order valence-electron chi connectivity index (χ1n) is 7.21. The minimum absolute atomic E-state index is 0.0268. The molecule has 22 heavy (non-hydrogen) atoms. The van der Waals surface area contributed by atoms with Crippen LogP contribution in [-0.4, -0.2) is 42.0 Å². The largest absolute Gasteiger partial charge is 0.379 e. The predicted octanol–water partition coefficient (Wildman–Crippen LogP) is 2.49. The number of pyridine rings is 1. The molecule has 0 radical (unpaired) electrons. The van der Waals surface area contributed by atoms with Crippen LogP contribution in [0, 0.1) is 12.3 Å². The number of carbonyl (C=O) groups excluding carboxylic acids is 1. The van der Waals surface area contributed by atoms with Gasteiger partial charge in [0.05, 0.1) is 5.70 Å². The molecular formula is C16H23ClN4O. The number of allylic oxidation sites excluding steroid dienone is 2. The van der Waals surface area contributed by atoms with Gasteiger partial charge in [-0.1, -0.05) is 24.6 Å². The molecule has 0 fully saturated rings. The lowest BCUT2D eigenvalue weighted by Crippen LogP contribution is -2.39. The summed E-state index contributed by atoms with van der Waals surface area (Å²) in [6.45, 7) is 5.63. The highest BCUT2D eigenvalue weighted by molar-refractivity contribution is 6.40. The average molecular weight is 323 g/mol. The molecule has 0 amide bonds. The van der Waals surface area contributed by atoms with Gasteiger partial charge in [0.2, 0.25) is 0 Å². The summed E-state index contributed by atoms with van der Waals surface area (Å²) in [5.41, 5.74) is 2.66. The molecule has 2 N–H and O–H groups in total. The van der Waals surface area contributed by atoms with Gasteiger partial charge in [-0.15, -0.1) is 0 Å². The van der Waals surface area contributed by atoms with Gasteiger partial charge in [0.15, 0.2) is 6.29 Å². The molecule has 0 saturated heterocycles. The third kappa shape index (κ3) is 5.95. The molecule has 1 rings (SSSR count). The summed E-state index contributed by atoms with van der Waals surface area (Å²) in [6.07, 6.45) is 6.18. The molecule has 0 aliphatic rings. The Morgan fingerprint density at radius 1 is 1.55 bits per heavy atom. The maximum atomic E-state index is 10.7. The smallest absolute Gasteiger partial charge is 0.163 e. The van der Waals surface area contributed by atoms with E-state index >= 15 is 0 Å². The maximum Gasteiger partial charge on any atom is 0.163 e. The Labute approximate surface area is 136 Å². The number of aryl methyl sites for hydroxylation is 1. The normalized spacial score (nSPS) is 13.5. The fourth-order valence-electron chi connectivity index (χ4n) is 2.20. The van der Waals surface area contributed by atoms with Gasteiger partial charge in [-0.2, -0.15) is 0 Å². The Morgan fingerprint density at radius 3 is 2.82 bits per heavy atom. The third-order valence-corrected chi connectivity index (χ3v) is 3.57. The zero-order valence-corrected chi connectivity index (χ0v) is 14.0. The molecule has 5 nitrogen and oxygen atoms in total. The zero-order chi connectivity index (χ0) is 16.5. The highest BCUT2D eigenvalue weighted by Gasteiger charge is 2.12. The van der Waals surface area contributed by atoms with Crippen LogP contribution in [-0.2, 0) is 11.3 Å². The Morgan fingerprint density at radius 2 is 2.27 bits per heavy atom. The SMILES string of the molecule is CCC(CN(C)Cc1cncc(C)c1)N/C(C=N)=C(\Cl)C=O. The number of aromatic nitrogens is 1. The first-order chi connectivity index (χ1) is 10.5. The number of halogens is 1. The third-order valence-electron chi connectivity index (χ3n) is 3.27. The lowest BCUT2D eigenvalue weighted by atomic mass is 10.1. The number of rotatable bonds is 9. The van der Waals surface area contributed by atoms with Gasteiger partial charge >= 0.3 is 0 Å². The molecule has 0 aliphatic heterocycles. The van der Waals surface area contributed by atoms with Gasteiger partial charge in [-0.05, 0) is 31.5 Å². The van der Waals surface area contributed by atoms with Gasteiger partial charge in [0.1, 0.15) is 5.03 Å². The van der Waals surface area contributed by atoms with E-state index in [9.17, 15) is 4.79 Å². The molecule has 1 heterocycles. The van der Waals surface area contributed by atoms with E-state index in [1.165, 1.54) is 0 Å². The molecule has 1 atom stereocenters. The van der Waals surface area contributed by atoms with Crippen molar-refractivity contribution in [1.29, 1.82) is 5.41 Å². The summed E-state index contributed by atoms with van der Waals surface area (Å²) in [4.78, 5) is 17.1. The Hall–Kier alpha value is -1.72. The number of nitrogens with zero attached hydrogens (tertiary/aromatic N) is 2. The molecule has 0 spiro atoms. The highest BCUT2D eigenvalue weighted by Crippen LogP contribution is 2.08. The van der Waals surface area contributed by atoms with E-state index in [-0.39, 0.29) is 11.1 Å². The summed E-state index contributed by atoms with van der Waals surface area (Å²) >= 11 is 5.79. The number of aldehydes is 1. The van der Waals surface area contributed by atoms with E-state index < -0.39 is 0 Å². The van der Waals surface area contributed by atoms with Crippen LogP contribution in [0.25, 0.3) is 0 Å². The predicted molar refractivity (Wildman–Crippen MR) is 90.2 cm³/mol. The van der Waals surface area contributed by atoms with Crippen molar-refractivity contribution in [2.75, 3.05) is 13.6 Å². The number of nitrogens with one attached hydrogen (secondary N) is 2. The lowest BCUT2D eigenvalue weighted by Gasteiger charge is -2.25. The topological polar surface area (TPSA) is 69.1 Å². The van der Waals surface area contributed by atoms with Crippen LogP contribution in [0.5, 0.6) is 0 Å². The molecule has 120 valence electrons. The number of hydrogen-bond donors (Lipinski definition) is 2. The molecule has 1 unspecified atom stereocenters. The Balaban J connectivity index is 2.65. The maximum absolute atomic E-state index is 10.7. The van der Waals surface area contributed by atoms with E-state index in [1.807, 2.05) is 26.4 Å². The quantitative estimate of drug-likeness (QED) is 0.416. The summed E-state index contributed by atoms with van der Waals surface area (Å²) in [5.74, 6) is 0. The van der Waals surface area contributed by atoms with E-state index in [1.54, 1.807) is 0 Å². The van der Waals surface area contributed by atoms with Crippen molar-refractivity contribution in [2.24, 2.45) is 0 Å². The van der Waals surface area contributed by atoms with Crippen molar-refractivity contribution < 1.29 is 4.79 Å². The number of likely N-dealkylation sites (N-methyl/N-ethyl adjacent to an activating group) is 1. The summed E-state index contributed by atoms with van der Waals surface area (Å²) in [6, 6.07) is 2.22. The lowest BCUT2D eigenvalue weighted by molar-refractivity contribution is -0.104. The van der Waals surface area contributed by atoms with Gasteiger partial charge in [0.25, 0.3) is 0 Å². The fourth-order valence-corrected chi connectivity index (χ4v) is 2.31. The van der Waals surface area contributed by atoms with Crippen molar-refractivity contribution in [3.63, 3.8) is 0 Å². The monoisotopic (exact) mass is 322 g/mol. The molecular weight excluding hydrogens is 300 g/mol. The van der Waals surface area contributed by atoms with Crippen LogP contribution in [0.2, 0.25) is 0 Å². The first kappa shape index (κ1) is 18.3. The van der Waals surface area contributed by atoms with Crippen LogP contribution in [0.15, 0.2) is 29.2 Å². The van der Waals surface area contributed by atoms with Crippen LogP contribution in [0.4, 0.5) is 0 Å². The van der Waals surface area contributed by atoms with E-state index in [0.717, 1.165) is 36.9 Å². The summed E-state index contributed by atoms with van der Waals surface area (Å²) in [5, 5.41) is 10.5. The molecule has 0 saturated carbocycles. The summed E-state index contributed by atoms with van der Waals surface area (Å²) < 4.78 is 0. The van der Waals surface area contributed by atoms with Crippen LogP contribution in [0.1, 0.15) is 24.5 Å².